The molecule has 2 rings (SSSR count). The summed E-state index contributed by atoms with van der Waals surface area (Å²) in [5.74, 6) is -2.57. The van der Waals surface area contributed by atoms with Crippen molar-refractivity contribution < 1.29 is 19.2 Å². The molecule has 1 aromatic carbocycles. The Hall–Kier alpha value is -2.12. The fourth-order valence-electron chi connectivity index (χ4n) is 2.11. The molecule has 9 heteroatoms. The molecule has 1 aliphatic rings. The van der Waals surface area contributed by atoms with Gasteiger partial charge in [-0.2, -0.15) is 0 Å². The van der Waals surface area contributed by atoms with Gasteiger partial charge in [0, 0.05) is 17.1 Å². The predicted molar refractivity (Wildman–Crippen MR) is 82.9 cm³/mol. The number of amides is 5. The molecule has 0 spiro atoms. The van der Waals surface area contributed by atoms with Crippen LogP contribution >= 0.6 is 23.2 Å². The minimum absolute atomic E-state index is 0.383. The predicted octanol–water partition coefficient (Wildman–Crippen LogP) is 1.59. The Morgan fingerprint density at radius 1 is 1.22 bits per heavy atom. The molecule has 0 radical (unpaired) electrons. The first-order valence-electron chi connectivity index (χ1n) is 6.60. The number of nitrogens with one attached hydrogen (secondary N) is 1. The molecular weight excluding hydrogens is 345 g/mol. The fraction of sp³-hybridized carbons (Fsp3) is 0.286. The second kappa shape index (κ2) is 6.55. The second-order valence-corrected chi connectivity index (χ2v) is 5.84. The molecule has 0 unspecified atom stereocenters. The van der Waals surface area contributed by atoms with Gasteiger partial charge < -0.3 is 5.32 Å². The van der Waals surface area contributed by atoms with Gasteiger partial charge in [-0.15, -0.1) is 0 Å². The third-order valence-corrected chi connectivity index (χ3v) is 3.92. The lowest BCUT2D eigenvalue weighted by Gasteiger charge is -2.18. The Kier molecular flexibility index (Phi) is 4.91. The Labute approximate surface area is 142 Å². The van der Waals surface area contributed by atoms with Gasteiger partial charge in [0.05, 0.1) is 6.04 Å². The molecule has 122 valence electrons. The van der Waals surface area contributed by atoms with E-state index in [9.17, 15) is 19.2 Å². The van der Waals surface area contributed by atoms with Crippen LogP contribution in [0.25, 0.3) is 0 Å². The second-order valence-electron chi connectivity index (χ2n) is 4.99. The zero-order valence-electron chi connectivity index (χ0n) is 12.3. The molecule has 0 aliphatic carbocycles. The maximum Gasteiger partial charge on any atom is 0.334 e. The summed E-state index contributed by atoms with van der Waals surface area (Å²) in [6.07, 6.45) is 0. The Morgan fingerprint density at radius 3 is 2.39 bits per heavy atom. The smallest absolute Gasteiger partial charge is 0.334 e. The van der Waals surface area contributed by atoms with E-state index in [1.165, 1.54) is 7.05 Å². The van der Waals surface area contributed by atoms with E-state index < -0.39 is 36.3 Å². The van der Waals surface area contributed by atoms with E-state index in [-0.39, 0.29) is 0 Å². The van der Waals surface area contributed by atoms with Gasteiger partial charge in [0.2, 0.25) is 5.91 Å². The van der Waals surface area contributed by atoms with Gasteiger partial charge in [-0.25, -0.2) is 9.69 Å². The summed E-state index contributed by atoms with van der Waals surface area (Å²) in [5, 5.41) is 3.46. The fourth-order valence-corrected chi connectivity index (χ4v) is 2.69. The van der Waals surface area contributed by atoms with E-state index >= 15 is 0 Å². The highest BCUT2D eigenvalue weighted by Crippen LogP contribution is 2.26. The molecule has 1 atom stereocenters. The van der Waals surface area contributed by atoms with Crippen LogP contribution in [-0.2, 0) is 14.4 Å². The van der Waals surface area contributed by atoms with E-state index in [0.29, 0.717) is 25.4 Å². The number of benzene rings is 1. The number of carbonyl (C=O) groups is 4. The van der Waals surface area contributed by atoms with Gasteiger partial charge in [-0.3, -0.25) is 19.3 Å². The molecule has 1 N–H and O–H groups in total. The summed E-state index contributed by atoms with van der Waals surface area (Å²) in [7, 11) is 1.18. The number of halogens is 2. The molecule has 1 aliphatic heterocycles. The molecule has 7 nitrogen and oxygen atoms in total. The Morgan fingerprint density at radius 2 is 1.87 bits per heavy atom. The van der Waals surface area contributed by atoms with Gasteiger partial charge in [0.1, 0.15) is 6.54 Å². The van der Waals surface area contributed by atoms with Crippen LogP contribution in [0.4, 0.5) is 4.79 Å². The van der Waals surface area contributed by atoms with E-state index in [2.05, 4.69) is 5.32 Å². The van der Waals surface area contributed by atoms with Crippen LogP contribution in [0.5, 0.6) is 0 Å². The number of imide groups is 2. The van der Waals surface area contributed by atoms with Gasteiger partial charge >= 0.3 is 17.8 Å². The van der Waals surface area contributed by atoms with E-state index in [0.717, 1.165) is 0 Å². The molecule has 1 aromatic rings. The van der Waals surface area contributed by atoms with Crippen LogP contribution in [0.3, 0.4) is 0 Å². The van der Waals surface area contributed by atoms with Crippen molar-refractivity contribution in [2.24, 2.45) is 0 Å². The molecular formula is C14H13Cl2N3O4. The molecule has 5 amide bonds. The Bertz CT molecular complexity index is 707. The number of hydrogen-bond donors (Lipinski definition) is 1. The molecule has 0 saturated carbocycles. The van der Waals surface area contributed by atoms with Crippen LogP contribution in [-0.4, -0.2) is 47.1 Å². The van der Waals surface area contributed by atoms with Crippen LogP contribution in [0, 0.1) is 0 Å². The molecule has 1 heterocycles. The van der Waals surface area contributed by atoms with E-state index in [1.807, 2.05) is 0 Å². The highest BCUT2D eigenvalue weighted by atomic mass is 35.5. The topological polar surface area (TPSA) is 86.8 Å². The van der Waals surface area contributed by atoms with Crippen molar-refractivity contribution >= 4 is 47.0 Å². The van der Waals surface area contributed by atoms with Crippen LogP contribution in [0.1, 0.15) is 18.5 Å². The summed E-state index contributed by atoms with van der Waals surface area (Å²) in [5.41, 5.74) is 0.636. The van der Waals surface area contributed by atoms with Crippen molar-refractivity contribution in [2.45, 2.75) is 13.0 Å². The van der Waals surface area contributed by atoms with Crippen molar-refractivity contribution in [3.8, 4) is 0 Å². The first-order chi connectivity index (χ1) is 10.7. The zero-order chi connectivity index (χ0) is 17.3. The molecule has 1 fully saturated rings. The Balaban J connectivity index is 2.03. The SMILES string of the molecule is C[C@@H](NC(=O)CN1C(=O)C(=O)N(C)C1=O)c1ccc(Cl)cc1Cl. The van der Waals surface area contributed by atoms with Crippen molar-refractivity contribution in [1.82, 2.24) is 15.1 Å². The van der Waals surface area contributed by atoms with Crippen molar-refractivity contribution in [3.63, 3.8) is 0 Å². The van der Waals surface area contributed by atoms with E-state index in [4.69, 9.17) is 23.2 Å². The first kappa shape index (κ1) is 17.2. The number of carbonyl (C=O) groups excluding carboxylic acids is 4. The summed E-state index contributed by atoms with van der Waals surface area (Å²) >= 11 is 11.9. The van der Waals surface area contributed by atoms with Crippen LogP contribution < -0.4 is 5.32 Å². The monoisotopic (exact) mass is 357 g/mol. The zero-order valence-corrected chi connectivity index (χ0v) is 13.8. The largest absolute Gasteiger partial charge is 0.348 e. The lowest BCUT2D eigenvalue weighted by Crippen LogP contribution is -2.41. The number of hydrogen-bond acceptors (Lipinski definition) is 4. The first-order valence-corrected chi connectivity index (χ1v) is 7.35. The quantitative estimate of drug-likeness (QED) is 0.654. The molecule has 0 bridgehead atoms. The number of urea groups is 1. The van der Waals surface area contributed by atoms with Gasteiger partial charge in [-0.05, 0) is 24.6 Å². The van der Waals surface area contributed by atoms with Gasteiger partial charge in [0.15, 0.2) is 0 Å². The normalized spacial score (nSPS) is 16.1. The molecule has 1 saturated heterocycles. The van der Waals surface area contributed by atoms with Gasteiger partial charge in [-0.1, -0.05) is 29.3 Å². The van der Waals surface area contributed by atoms with Crippen LogP contribution in [0.2, 0.25) is 10.0 Å². The van der Waals surface area contributed by atoms with Crippen molar-refractivity contribution in [1.29, 1.82) is 0 Å². The van der Waals surface area contributed by atoms with E-state index in [1.54, 1.807) is 25.1 Å². The number of likely N-dealkylation sites (N-methyl/N-ethyl adjacent to an activating group) is 1. The third-order valence-electron chi connectivity index (χ3n) is 3.36. The molecule has 0 aromatic heterocycles. The average molecular weight is 358 g/mol. The standard InChI is InChI=1S/C14H13Cl2N3O4/c1-7(9-4-3-8(15)5-10(9)16)17-11(20)6-19-13(22)12(21)18(2)14(19)23/h3-5,7H,6H2,1-2H3,(H,17,20)/t7-/m1/s1. The highest BCUT2D eigenvalue weighted by molar-refractivity contribution is 6.44. The third kappa shape index (κ3) is 3.46. The lowest BCUT2D eigenvalue weighted by atomic mass is 10.1. The highest BCUT2D eigenvalue weighted by Gasteiger charge is 2.43. The van der Waals surface area contributed by atoms with Crippen molar-refractivity contribution in [3.05, 3.63) is 33.8 Å². The summed E-state index contributed by atoms with van der Waals surface area (Å²) in [4.78, 5) is 48.0. The number of nitrogens with zero attached hydrogens (tertiary/aromatic N) is 2. The summed E-state index contributed by atoms with van der Waals surface area (Å²) in [6, 6.07) is 3.55. The van der Waals surface area contributed by atoms with Crippen LogP contribution in [0.15, 0.2) is 18.2 Å². The number of rotatable bonds is 4. The maximum absolute atomic E-state index is 12.0. The van der Waals surface area contributed by atoms with Crippen molar-refractivity contribution in [2.75, 3.05) is 13.6 Å². The summed E-state index contributed by atoms with van der Waals surface area (Å²) < 4.78 is 0. The minimum atomic E-state index is -1.02. The van der Waals surface area contributed by atoms with Gasteiger partial charge in [0.25, 0.3) is 0 Å². The lowest BCUT2D eigenvalue weighted by molar-refractivity contribution is -0.143. The average Bonchev–Trinajstić information content (AvgIpc) is 2.65. The molecule has 23 heavy (non-hydrogen) atoms. The minimum Gasteiger partial charge on any atom is -0.348 e. The maximum atomic E-state index is 12.0. The summed E-state index contributed by atoms with van der Waals surface area (Å²) in [6.45, 7) is 1.15.